The standard InChI is InChI=1S/C14H23N3O3S/c1-5-16-9-11(3)14(18)17-12-7-6-10(2)13(8-12)21(19,20)15-4/h6-8,11,15-16H,5,9H2,1-4H3,(H,17,18). The molecule has 3 N–H and O–H groups in total. The first-order chi connectivity index (χ1) is 9.81. The summed E-state index contributed by atoms with van der Waals surface area (Å²) < 4.78 is 26.1. The molecule has 0 radical (unpaired) electrons. The molecular formula is C14H23N3O3S. The Balaban J connectivity index is 2.91. The number of sulfonamides is 1. The maximum absolute atomic E-state index is 12.0. The fourth-order valence-corrected chi connectivity index (χ4v) is 2.79. The molecule has 0 aliphatic heterocycles. The third kappa shape index (κ3) is 4.80. The summed E-state index contributed by atoms with van der Waals surface area (Å²) >= 11 is 0. The van der Waals surface area contributed by atoms with Crippen LogP contribution in [0.1, 0.15) is 19.4 Å². The molecule has 0 aliphatic rings. The maximum atomic E-state index is 12.0. The van der Waals surface area contributed by atoms with Gasteiger partial charge in [-0.3, -0.25) is 4.79 Å². The summed E-state index contributed by atoms with van der Waals surface area (Å²) in [6.45, 7) is 6.88. The van der Waals surface area contributed by atoms with E-state index >= 15 is 0 Å². The maximum Gasteiger partial charge on any atom is 0.240 e. The summed E-state index contributed by atoms with van der Waals surface area (Å²) in [5, 5.41) is 5.85. The van der Waals surface area contributed by atoms with Gasteiger partial charge in [0.15, 0.2) is 0 Å². The van der Waals surface area contributed by atoms with Crippen LogP contribution in [-0.2, 0) is 14.8 Å². The minimum atomic E-state index is -3.54. The Morgan fingerprint density at radius 3 is 2.57 bits per heavy atom. The Bertz CT molecular complexity index is 599. The average Bonchev–Trinajstić information content (AvgIpc) is 2.46. The van der Waals surface area contributed by atoms with E-state index in [4.69, 9.17) is 0 Å². The van der Waals surface area contributed by atoms with E-state index in [2.05, 4.69) is 15.4 Å². The van der Waals surface area contributed by atoms with Gasteiger partial charge in [-0.25, -0.2) is 13.1 Å². The predicted octanol–water partition coefficient (Wildman–Crippen LogP) is 1.09. The Kier molecular flexibility index (Phi) is 6.32. The van der Waals surface area contributed by atoms with Crippen LogP contribution in [0.15, 0.2) is 23.1 Å². The van der Waals surface area contributed by atoms with Gasteiger partial charge in [0.25, 0.3) is 0 Å². The van der Waals surface area contributed by atoms with Crippen molar-refractivity contribution in [1.82, 2.24) is 10.0 Å². The van der Waals surface area contributed by atoms with E-state index in [-0.39, 0.29) is 16.7 Å². The van der Waals surface area contributed by atoms with Crippen LogP contribution in [0.4, 0.5) is 5.69 Å². The van der Waals surface area contributed by atoms with E-state index in [1.54, 1.807) is 19.1 Å². The molecule has 1 rings (SSSR count). The predicted molar refractivity (Wildman–Crippen MR) is 83.8 cm³/mol. The molecular weight excluding hydrogens is 290 g/mol. The summed E-state index contributed by atoms with van der Waals surface area (Å²) in [4.78, 5) is 12.2. The monoisotopic (exact) mass is 313 g/mol. The van der Waals surface area contributed by atoms with E-state index in [1.807, 2.05) is 13.8 Å². The molecule has 0 aliphatic carbocycles. The lowest BCUT2D eigenvalue weighted by Gasteiger charge is -2.14. The molecule has 0 aromatic heterocycles. The van der Waals surface area contributed by atoms with Crippen molar-refractivity contribution in [2.45, 2.75) is 25.7 Å². The topological polar surface area (TPSA) is 87.3 Å². The van der Waals surface area contributed by atoms with Gasteiger partial charge < -0.3 is 10.6 Å². The minimum Gasteiger partial charge on any atom is -0.326 e. The molecule has 7 heteroatoms. The summed E-state index contributed by atoms with van der Waals surface area (Å²) in [5.41, 5.74) is 1.10. The first kappa shape index (κ1) is 17.6. The Morgan fingerprint density at radius 1 is 1.33 bits per heavy atom. The van der Waals surface area contributed by atoms with Crippen molar-refractivity contribution in [3.05, 3.63) is 23.8 Å². The Morgan fingerprint density at radius 2 is 2.00 bits per heavy atom. The van der Waals surface area contributed by atoms with Crippen LogP contribution in [0.5, 0.6) is 0 Å². The average molecular weight is 313 g/mol. The molecule has 1 aromatic rings. The third-order valence-corrected chi connectivity index (χ3v) is 4.72. The van der Waals surface area contributed by atoms with Crippen LogP contribution in [0.2, 0.25) is 0 Å². The summed E-state index contributed by atoms with van der Waals surface area (Å²) in [7, 11) is -2.18. The van der Waals surface area contributed by atoms with E-state index in [9.17, 15) is 13.2 Å². The summed E-state index contributed by atoms with van der Waals surface area (Å²) in [5.74, 6) is -0.344. The zero-order chi connectivity index (χ0) is 16.0. The zero-order valence-corrected chi connectivity index (χ0v) is 13.7. The second-order valence-electron chi connectivity index (χ2n) is 4.89. The van der Waals surface area contributed by atoms with Crippen molar-refractivity contribution in [2.24, 2.45) is 5.92 Å². The van der Waals surface area contributed by atoms with Gasteiger partial charge >= 0.3 is 0 Å². The zero-order valence-electron chi connectivity index (χ0n) is 12.9. The van der Waals surface area contributed by atoms with E-state index in [0.29, 0.717) is 17.8 Å². The molecule has 118 valence electrons. The second kappa shape index (κ2) is 7.53. The molecule has 0 bridgehead atoms. The number of hydrogen-bond donors (Lipinski definition) is 3. The number of aryl methyl sites for hydroxylation is 1. The number of amides is 1. The van der Waals surface area contributed by atoms with Crippen LogP contribution in [-0.4, -0.2) is 34.5 Å². The fraction of sp³-hybridized carbons (Fsp3) is 0.500. The van der Waals surface area contributed by atoms with Gasteiger partial charge in [0, 0.05) is 18.2 Å². The molecule has 1 unspecified atom stereocenters. The molecule has 0 saturated heterocycles. The van der Waals surface area contributed by atoms with Crippen LogP contribution in [0.25, 0.3) is 0 Å². The summed E-state index contributed by atoms with van der Waals surface area (Å²) in [6.07, 6.45) is 0. The van der Waals surface area contributed by atoms with Gasteiger partial charge in [-0.2, -0.15) is 0 Å². The van der Waals surface area contributed by atoms with Gasteiger partial charge in [-0.15, -0.1) is 0 Å². The van der Waals surface area contributed by atoms with Gasteiger partial charge in [0.05, 0.1) is 4.90 Å². The molecule has 1 atom stereocenters. The number of hydrogen-bond acceptors (Lipinski definition) is 4. The highest BCUT2D eigenvalue weighted by Crippen LogP contribution is 2.20. The Hall–Kier alpha value is -1.44. The first-order valence-electron chi connectivity index (χ1n) is 6.87. The largest absolute Gasteiger partial charge is 0.326 e. The third-order valence-electron chi connectivity index (χ3n) is 3.16. The molecule has 0 saturated carbocycles. The molecule has 6 nitrogen and oxygen atoms in total. The van der Waals surface area contributed by atoms with Crippen molar-refractivity contribution in [1.29, 1.82) is 0 Å². The molecule has 21 heavy (non-hydrogen) atoms. The number of nitrogens with one attached hydrogen (secondary N) is 3. The smallest absolute Gasteiger partial charge is 0.240 e. The minimum absolute atomic E-state index is 0.146. The number of rotatable bonds is 7. The number of carbonyl (C=O) groups is 1. The summed E-state index contributed by atoms with van der Waals surface area (Å²) in [6, 6.07) is 4.84. The Labute approximate surface area is 126 Å². The van der Waals surface area contributed by atoms with Gasteiger partial charge in [-0.1, -0.05) is 19.9 Å². The lowest BCUT2D eigenvalue weighted by atomic mass is 10.1. The van der Waals surface area contributed by atoms with Crippen molar-refractivity contribution in [3.8, 4) is 0 Å². The van der Waals surface area contributed by atoms with Gasteiger partial charge in [-0.05, 0) is 38.2 Å². The normalized spacial score (nSPS) is 13.0. The molecule has 1 amide bonds. The second-order valence-corrected chi connectivity index (χ2v) is 6.74. The highest BCUT2D eigenvalue weighted by atomic mass is 32.2. The van der Waals surface area contributed by atoms with Crippen LogP contribution < -0.4 is 15.4 Å². The SMILES string of the molecule is CCNCC(C)C(=O)Nc1ccc(C)c(S(=O)(=O)NC)c1. The van der Waals surface area contributed by atoms with E-state index < -0.39 is 10.0 Å². The lowest BCUT2D eigenvalue weighted by molar-refractivity contribution is -0.119. The van der Waals surface area contributed by atoms with Crippen molar-refractivity contribution in [2.75, 3.05) is 25.5 Å². The highest BCUT2D eigenvalue weighted by Gasteiger charge is 2.17. The van der Waals surface area contributed by atoms with Crippen molar-refractivity contribution >= 4 is 21.6 Å². The molecule has 0 heterocycles. The van der Waals surface area contributed by atoms with E-state index in [0.717, 1.165) is 6.54 Å². The van der Waals surface area contributed by atoms with Crippen LogP contribution in [0.3, 0.4) is 0 Å². The van der Waals surface area contributed by atoms with E-state index in [1.165, 1.54) is 13.1 Å². The first-order valence-corrected chi connectivity index (χ1v) is 8.36. The van der Waals surface area contributed by atoms with Gasteiger partial charge in [0.1, 0.15) is 0 Å². The number of anilines is 1. The number of benzene rings is 1. The quantitative estimate of drug-likeness (QED) is 0.703. The fourth-order valence-electron chi connectivity index (χ4n) is 1.80. The van der Waals surface area contributed by atoms with Gasteiger partial charge in [0.2, 0.25) is 15.9 Å². The molecule has 0 fully saturated rings. The molecule has 1 aromatic carbocycles. The highest BCUT2D eigenvalue weighted by molar-refractivity contribution is 7.89. The van der Waals surface area contributed by atoms with Crippen LogP contribution >= 0.6 is 0 Å². The number of carbonyl (C=O) groups excluding carboxylic acids is 1. The lowest BCUT2D eigenvalue weighted by Crippen LogP contribution is -2.30. The van der Waals surface area contributed by atoms with Crippen molar-refractivity contribution < 1.29 is 13.2 Å². The van der Waals surface area contributed by atoms with Crippen molar-refractivity contribution in [3.63, 3.8) is 0 Å². The molecule has 0 spiro atoms. The van der Waals surface area contributed by atoms with Crippen LogP contribution in [0, 0.1) is 12.8 Å².